The number of carbonyl (C=O) groups excluding carboxylic acids is 2. The molecule has 6 fully saturated rings. The van der Waals surface area contributed by atoms with E-state index in [1.54, 1.807) is 28.5 Å². The van der Waals surface area contributed by atoms with Gasteiger partial charge < -0.3 is 35.7 Å². The molecule has 0 unspecified atom stereocenters. The van der Waals surface area contributed by atoms with E-state index in [-0.39, 0.29) is 53.6 Å². The van der Waals surface area contributed by atoms with E-state index in [1.165, 1.54) is 23.2 Å². The fourth-order valence-corrected chi connectivity index (χ4v) is 16.3. The van der Waals surface area contributed by atoms with E-state index in [2.05, 4.69) is 60.1 Å². The van der Waals surface area contributed by atoms with Crippen LogP contribution in [0.4, 0.5) is 0 Å². The molecule has 4 saturated heterocycles. The Kier molecular flexibility index (Phi) is 16.5. The fourth-order valence-electron chi connectivity index (χ4n) is 15.2. The van der Waals surface area contributed by atoms with Crippen molar-refractivity contribution in [2.45, 2.75) is 158 Å². The van der Waals surface area contributed by atoms with Gasteiger partial charge in [-0.1, -0.05) is 73.3 Å². The van der Waals surface area contributed by atoms with Crippen molar-refractivity contribution < 1.29 is 19.4 Å². The molecule has 3 aromatic carbocycles. The Morgan fingerprint density at radius 3 is 2.41 bits per heavy atom. The number of aryl methyl sites for hydroxylation is 1. The molecule has 5 aliphatic heterocycles. The summed E-state index contributed by atoms with van der Waals surface area (Å²) in [5.41, 5.74) is 9.84. The summed E-state index contributed by atoms with van der Waals surface area (Å²) < 4.78 is 7.95. The van der Waals surface area contributed by atoms with Gasteiger partial charge in [-0.05, 0) is 175 Å². The number of thiazole rings is 1. The molecule has 2 aromatic heterocycles. The third-order valence-electron chi connectivity index (χ3n) is 19.8. The second-order valence-electron chi connectivity index (χ2n) is 24.4. The Morgan fingerprint density at radius 2 is 1.70 bits per heavy atom. The lowest BCUT2D eigenvalue weighted by atomic mass is 9.69. The van der Waals surface area contributed by atoms with E-state index >= 15 is 4.79 Å². The van der Waals surface area contributed by atoms with E-state index in [0.717, 1.165) is 175 Å². The van der Waals surface area contributed by atoms with E-state index < -0.39 is 18.2 Å². The number of β-amino-alcohol motifs (C(OH)–C–C–N with tert-alkyl or cyclic N) is 1. The number of amides is 2. The van der Waals surface area contributed by atoms with Crippen LogP contribution < -0.4 is 16.7 Å². The number of nitrogens with zero attached hydrogens (tertiary/aromatic N) is 8. The number of halogens is 1. The number of aliphatic imine (C=N–C) groups is 1. The number of aromatic nitrogens is 3. The van der Waals surface area contributed by atoms with Crippen LogP contribution in [0.25, 0.3) is 27.0 Å². The van der Waals surface area contributed by atoms with Gasteiger partial charge in [-0.2, -0.15) is 10.1 Å². The number of hydrogen-bond donors (Lipinski definition) is 3. The van der Waals surface area contributed by atoms with Crippen LogP contribution in [0.1, 0.15) is 150 Å². The van der Waals surface area contributed by atoms with Crippen molar-refractivity contribution in [1.29, 1.82) is 0 Å². The minimum Gasteiger partial charge on any atom is -0.391 e. The number of piperidine rings is 2. The molecule has 2 amide bonds. The number of aliphatic hydroxyl groups is 1. The van der Waals surface area contributed by atoms with Crippen LogP contribution >= 0.6 is 22.9 Å². The SMILES string of the molecule is Cc1ncsc1-c1ccc([C@H](C)NC(=O)[C@@H]2C[C@@H](O)CN2C(=O)[C@@H](N=C/C(=N\N)C2CCC(CN3CCC(c4ccc5c(c4)-n4c(nc(=O)c6c(Cl)cccc64)C54CCCCC4)CC3)CC2)C2CCN(C3CCOCC3)CC2)cc1. The van der Waals surface area contributed by atoms with Gasteiger partial charge in [0.2, 0.25) is 11.8 Å². The number of hydrogen-bond acceptors (Lipinski definition) is 13. The molecule has 7 heterocycles. The predicted molar refractivity (Wildman–Crippen MR) is 317 cm³/mol. The quantitative estimate of drug-likeness (QED) is 0.0583. The van der Waals surface area contributed by atoms with Crippen LogP contribution in [0.5, 0.6) is 0 Å². The van der Waals surface area contributed by atoms with Gasteiger partial charge >= 0.3 is 0 Å². The molecule has 15 nitrogen and oxygen atoms in total. The van der Waals surface area contributed by atoms with Crippen molar-refractivity contribution in [1.82, 2.24) is 34.6 Å². The Morgan fingerprint density at radius 1 is 0.950 bits per heavy atom. The average Bonchev–Trinajstić information content (AvgIpc) is 4.37. The first-order valence-electron chi connectivity index (χ1n) is 30.0. The largest absolute Gasteiger partial charge is 0.391 e. The zero-order valence-electron chi connectivity index (χ0n) is 46.6. The number of carbonyl (C=O) groups is 2. The van der Waals surface area contributed by atoms with Crippen molar-refractivity contribution >= 4 is 57.6 Å². The summed E-state index contributed by atoms with van der Waals surface area (Å²) in [6.07, 6.45) is 16.5. The van der Waals surface area contributed by atoms with Crippen molar-refractivity contribution in [2.24, 2.45) is 33.7 Å². The molecule has 12 rings (SSSR count). The van der Waals surface area contributed by atoms with Gasteiger partial charge in [0, 0.05) is 50.9 Å². The minimum absolute atomic E-state index is 0.0350. The lowest BCUT2D eigenvalue weighted by Crippen LogP contribution is -2.52. The van der Waals surface area contributed by atoms with Crippen molar-refractivity contribution in [2.75, 3.05) is 52.5 Å². The number of ether oxygens (including phenoxy) is 1. The number of benzene rings is 3. The molecule has 424 valence electrons. The van der Waals surface area contributed by atoms with Crippen LogP contribution in [0.2, 0.25) is 5.02 Å². The van der Waals surface area contributed by atoms with Gasteiger partial charge in [0.1, 0.15) is 17.9 Å². The summed E-state index contributed by atoms with van der Waals surface area (Å²) in [4.78, 5) is 65.1. The van der Waals surface area contributed by atoms with E-state index in [0.29, 0.717) is 28.3 Å². The number of nitrogens with two attached hydrogens (primary N) is 1. The number of hydrazone groups is 1. The van der Waals surface area contributed by atoms with Gasteiger partial charge in [0.25, 0.3) is 5.56 Å². The van der Waals surface area contributed by atoms with Crippen molar-refractivity contribution in [3.05, 3.63) is 110 Å². The first kappa shape index (κ1) is 55.2. The van der Waals surface area contributed by atoms with E-state index in [4.69, 9.17) is 32.2 Å². The summed E-state index contributed by atoms with van der Waals surface area (Å²) in [7, 11) is 0. The number of aliphatic hydroxyl groups excluding tert-OH is 1. The third kappa shape index (κ3) is 10.9. The van der Waals surface area contributed by atoms with E-state index in [1.807, 2.05) is 43.6 Å². The number of likely N-dealkylation sites (tertiary alicyclic amines) is 3. The Balaban J connectivity index is 0.684. The monoisotopic (exact) mass is 1120 g/mol. The summed E-state index contributed by atoms with van der Waals surface area (Å²) >= 11 is 8.28. The molecular weight excluding hydrogens is 1040 g/mol. The molecule has 0 bridgehead atoms. The minimum atomic E-state index is -0.818. The number of fused-ring (bicyclic) bond motifs is 7. The first-order valence-corrected chi connectivity index (χ1v) is 31.2. The van der Waals surface area contributed by atoms with Gasteiger partial charge in [-0.25, -0.2) is 4.98 Å². The molecule has 4 atom stereocenters. The lowest BCUT2D eigenvalue weighted by molar-refractivity contribution is -0.141. The maximum Gasteiger partial charge on any atom is 0.282 e. The molecule has 0 radical (unpaired) electrons. The zero-order valence-corrected chi connectivity index (χ0v) is 48.2. The lowest BCUT2D eigenvalue weighted by Gasteiger charge is -2.41. The molecule has 4 N–H and O–H groups in total. The summed E-state index contributed by atoms with van der Waals surface area (Å²) in [5, 5.41) is 19.6. The average molecular weight is 1120 g/mol. The highest BCUT2D eigenvalue weighted by atomic mass is 35.5. The summed E-state index contributed by atoms with van der Waals surface area (Å²) in [5.74, 6) is 7.76. The van der Waals surface area contributed by atoms with E-state index in [9.17, 15) is 14.7 Å². The highest BCUT2D eigenvalue weighted by Crippen LogP contribution is 2.52. The van der Waals surface area contributed by atoms with Crippen LogP contribution in [0.15, 0.2) is 81.1 Å². The molecule has 2 saturated carbocycles. The van der Waals surface area contributed by atoms with Gasteiger partial charge in [0.15, 0.2) is 0 Å². The second kappa shape index (κ2) is 23.9. The smallest absolute Gasteiger partial charge is 0.282 e. The Labute approximate surface area is 479 Å². The van der Waals surface area contributed by atoms with Crippen LogP contribution in [-0.2, 0) is 19.7 Å². The molecule has 1 spiro atoms. The zero-order chi connectivity index (χ0) is 55.1. The van der Waals surface area contributed by atoms with Crippen molar-refractivity contribution in [3.63, 3.8) is 0 Å². The molecule has 2 aliphatic carbocycles. The van der Waals surface area contributed by atoms with Crippen LogP contribution in [-0.4, -0.2) is 135 Å². The molecule has 7 aliphatic rings. The second-order valence-corrected chi connectivity index (χ2v) is 25.7. The van der Waals surface area contributed by atoms with Gasteiger partial charge in [-0.3, -0.25) is 23.9 Å². The molecule has 80 heavy (non-hydrogen) atoms. The highest BCUT2D eigenvalue weighted by molar-refractivity contribution is 7.13. The molecule has 17 heteroatoms. The van der Waals surface area contributed by atoms with Crippen LogP contribution in [0.3, 0.4) is 0 Å². The third-order valence-corrected chi connectivity index (χ3v) is 21.1. The normalized spacial score (nSPS) is 25.3. The molecular formula is C63H79ClN10O5S. The van der Waals surface area contributed by atoms with Crippen LogP contribution in [0, 0.1) is 24.7 Å². The van der Waals surface area contributed by atoms with Gasteiger partial charge in [-0.15, -0.1) is 11.3 Å². The summed E-state index contributed by atoms with van der Waals surface area (Å²) in [6.45, 7) is 10.5. The Hall–Kier alpha value is -5.36. The maximum absolute atomic E-state index is 15.0. The number of rotatable bonds is 13. The van der Waals surface area contributed by atoms with Gasteiger partial charge in [0.05, 0.1) is 61.0 Å². The first-order chi connectivity index (χ1) is 39.0. The summed E-state index contributed by atoms with van der Waals surface area (Å²) in [6, 6.07) is 19.7. The fraction of sp³-hybridized carbons (Fsp3) is 0.571. The standard InChI is InChI=1S/C63H79ClN10O5S/c1-39(42-13-15-46(16-14-42)58-40(2)67-38-80-58)68-59(76)55-34-49(75)37-73(55)61(78)57(45-21-29-72(30-22-45)48-23-31-79-32-24-48)66-35-52(70-65)44-11-9-41(10-12-44)36-71-27-19-43(20-28-71)47-17-18-50-54(33-47)74-53-8-6-7-51(64)56(53)60(77)69-62(74)63(50)25-4-3-5-26-63/h6-8,13-18,33,35,38-39,41,43-45,48-49,55,57,75H,3-5,9-12,19-32,34,36-37,65H2,1-2H3,(H,68,76)/b66-35?,70-52+/t39-,41?,44?,49+,55-,57-/m0/s1. The van der Waals surface area contributed by atoms with Crippen molar-refractivity contribution in [3.8, 4) is 16.1 Å². The number of nitrogens with one attached hydrogen (secondary N) is 1. The highest BCUT2D eigenvalue weighted by Gasteiger charge is 2.48. The molecule has 5 aromatic rings. The topological polar surface area (TPSA) is 184 Å². The predicted octanol–water partition coefficient (Wildman–Crippen LogP) is 9.50. The Bertz CT molecular complexity index is 3160. The maximum atomic E-state index is 15.0.